The van der Waals surface area contributed by atoms with Crippen LogP contribution in [0.25, 0.3) is 0 Å². The minimum absolute atomic E-state index is 0.324. The number of carbonyl (C=O) groups is 1. The quantitative estimate of drug-likeness (QED) is 0.598. The second-order valence-electron chi connectivity index (χ2n) is 3.28. The molecule has 0 atom stereocenters. The Hall–Kier alpha value is -1.32. The van der Waals surface area contributed by atoms with Gasteiger partial charge in [0.15, 0.2) is 0 Å². The van der Waals surface area contributed by atoms with Gasteiger partial charge in [-0.05, 0) is 48.2 Å². The zero-order valence-electron chi connectivity index (χ0n) is 8.57. The summed E-state index contributed by atoms with van der Waals surface area (Å²) in [7, 11) is 0. The van der Waals surface area contributed by atoms with E-state index in [1.54, 1.807) is 24.3 Å². The van der Waals surface area contributed by atoms with E-state index in [9.17, 15) is 4.79 Å². The summed E-state index contributed by atoms with van der Waals surface area (Å²) in [5.41, 5.74) is 0.934. The molecule has 1 heterocycles. The molecule has 2 aromatic rings. The lowest BCUT2D eigenvalue weighted by atomic mass is 10.3. The third kappa shape index (κ3) is 2.43. The van der Waals surface area contributed by atoms with Gasteiger partial charge in [-0.25, -0.2) is 4.79 Å². The van der Waals surface area contributed by atoms with Gasteiger partial charge >= 0.3 is 5.97 Å². The van der Waals surface area contributed by atoms with Crippen molar-refractivity contribution in [2.45, 2.75) is 6.92 Å². The fourth-order valence-corrected chi connectivity index (χ4v) is 2.16. The Bertz CT molecular complexity index is 502. The zero-order valence-corrected chi connectivity index (χ0v) is 10.1. The minimum Gasteiger partial charge on any atom is -0.422 e. The number of benzene rings is 1. The van der Waals surface area contributed by atoms with Crippen molar-refractivity contribution >= 4 is 28.9 Å². The smallest absolute Gasteiger partial charge is 0.353 e. The largest absolute Gasteiger partial charge is 0.422 e. The fraction of sp³-hybridized carbons (Fsp3) is 0.0833. The Morgan fingerprint density at radius 3 is 2.50 bits per heavy atom. The lowest BCUT2D eigenvalue weighted by molar-refractivity contribution is 0.0739. The number of thiophene rings is 1. The van der Waals surface area contributed by atoms with Gasteiger partial charge < -0.3 is 4.74 Å². The number of esters is 1. The third-order valence-corrected chi connectivity index (χ3v) is 3.32. The van der Waals surface area contributed by atoms with Crippen LogP contribution >= 0.6 is 22.9 Å². The average molecular weight is 253 g/mol. The molecule has 0 aliphatic carbocycles. The summed E-state index contributed by atoms with van der Waals surface area (Å²) in [6.45, 7) is 1.88. The molecule has 0 aliphatic rings. The Morgan fingerprint density at radius 2 is 1.94 bits per heavy atom. The molecule has 0 N–H and O–H groups in total. The predicted molar refractivity (Wildman–Crippen MR) is 65.5 cm³/mol. The first-order chi connectivity index (χ1) is 7.66. The van der Waals surface area contributed by atoms with Gasteiger partial charge in [0.2, 0.25) is 0 Å². The summed E-state index contributed by atoms with van der Waals surface area (Å²) >= 11 is 7.11. The molecule has 0 radical (unpaired) electrons. The average Bonchev–Trinajstić information content (AvgIpc) is 2.68. The summed E-state index contributed by atoms with van der Waals surface area (Å²) < 4.78 is 5.21. The second kappa shape index (κ2) is 4.68. The van der Waals surface area contributed by atoms with Crippen molar-refractivity contribution in [2.24, 2.45) is 0 Å². The molecule has 0 fully saturated rings. The van der Waals surface area contributed by atoms with Crippen LogP contribution in [0.1, 0.15) is 15.2 Å². The highest BCUT2D eigenvalue weighted by Gasteiger charge is 2.12. The fourth-order valence-electron chi connectivity index (χ4n) is 1.24. The Kier molecular flexibility index (Phi) is 3.27. The topological polar surface area (TPSA) is 26.3 Å². The number of carbonyl (C=O) groups excluding carboxylic acids is 1. The second-order valence-corrected chi connectivity index (χ2v) is 4.63. The van der Waals surface area contributed by atoms with E-state index in [0.29, 0.717) is 15.6 Å². The Labute approximate surface area is 102 Å². The summed E-state index contributed by atoms with van der Waals surface area (Å²) in [6, 6.07) is 8.60. The van der Waals surface area contributed by atoms with E-state index < -0.39 is 0 Å². The van der Waals surface area contributed by atoms with Crippen molar-refractivity contribution < 1.29 is 9.53 Å². The van der Waals surface area contributed by atoms with Crippen LogP contribution in [-0.4, -0.2) is 5.97 Å². The maximum absolute atomic E-state index is 11.7. The molecule has 0 spiro atoms. The summed E-state index contributed by atoms with van der Waals surface area (Å²) in [6.07, 6.45) is 0. The van der Waals surface area contributed by atoms with Gasteiger partial charge in [0.1, 0.15) is 10.6 Å². The van der Waals surface area contributed by atoms with Crippen molar-refractivity contribution in [1.29, 1.82) is 0 Å². The molecular formula is C12H9ClO2S. The SMILES string of the molecule is Cc1ccsc1C(=O)Oc1ccc(Cl)cc1. The molecule has 1 aromatic carbocycles. The molecule has 1 aromatic heterocycles. The number of hydrogen-bond donors (Lipinski definition) is 0. The number of rotatable bonds is 2. The van der Waals surface area contributed by atoms with Crippen LogP contribution in [0, 0.1) is 6.92 Å². The minimum atomic E-state index is -0.324. The van der Waals surface area contributed by atoms with E-state index in [-0.39, 0.29) is 5.97 Å². The first-order valence-corrected chi connectivity index (χ1v) is 5.94. The highest BCUT2D eigenvalue weighted by Crippen LogP contribution is 2.20. The van der Waals surface area contributed by atoms with Crippen molar-refractivity contribution in [3.63, 3.8) is 0 Å². The van der Waals surface area contributed by atoms with Gasteiger partial charge in [-0.15, -0.1) is 11.3 Å². The predicted octanol–water partition coefficient (Wildman–Crippen LogP) is 3.93. The lowest BCUT2D eigenvalue weighted by Gasteiger charge is -2.03. The van der Waals surface area contributed by atoms with Crippen molar-refractivity contribution in [3.8, 4) is 5.75 Å². The van der Waals surface area contributed by atoms with Crippen molar-refractivity contribution in [3.05, 3.63) is 51.2 Å². The van der Waals surface area contributed by atoms with E-state index in [4.69, 9.17) is 16.3 Å². The lowest BCUT2D eigenvalue weighted by Crippen LogP contribution is -2.07. The molecule has 4 heteroatoms. The number of halogens is 1. The Balaban J connectivity index is 2.14. The maximum Gasteiger partial charge on any atom is 0.353 e. The van der Waals surface area contributed by atoms with E-state index in [1.165, 1.54) is 11.3 Å². The van der Waals surface area contributed by atoms with Crippen molar-refractivity contribution in [1.82, 2.24) is 0 Å². The van der Waals surface area contributed by atoms with Crippen LogP contribution in [0.3, 0.4) is 0 Å². The molecule has 2 nitrogen and oxygen atoms in total. The molecule has 2 rings (SSSR count). The van der Waals surface area contributed by atoms with E-state index >= 15 is 0 Å². The first-order valence-electron chi connectivity index (χ1n) is 4.68. The van der Waals surface area contributed by atoms with Gasteiger partial charge in [0.25, 0.3) is 0 Å². The van der Waals surface area contributed by atoms with Crippen LogP contribution in [0.4, 0.5) is 0 Å². The van der Waals surface area contributed by atoms with Gasteiger partial charge in [-0.1, -0.05) is 11.6 Å². The van der Waals surface area contributed by atoms with Gasteiger partial charge in [0.05, 0.1) is 0 Å². The van der Waals surface area contributed by atoms with Gasteiger partial charge in [-0.2, -0.15) is 0 Å². The maximum atomic E-state index is 11.7. The molecule has 0 bridgehead atoms. The summed E-state index contributed by atoms with van der Waals surface area (Å²) in [4.78, 5) is 12.4. The number of hydrogen-bond acceptors (Lipinski definition) is 3. The molecule has 0 unspecified atom stereocenters. The number of ether oxygens (including phenoxy) is 1. The van der Waals surface area contributed by atoms with Crippen molar-refractivity contribution in [2.75, 3.05) is 0 Å². The standard InChI is InChI=1S/C12H9ClO2S/c1-8-6-7-16-11(8)12(14)15-10-4-2-9(13)3-5-10/h2-7H,1H3. The summed E-state index contributed by atoms with van der Waals surface area (Å²) in [5.74, 6) is 0.178. The van der Waals surface area contributed by atoms with E-state index in [2.05, 4.69) is 0 Å². The highest BCUT2D eigenvalue weighted by molar-refractivity contribution is 7.12. The molecule has 16 heavy (non-hydrogen) atoms. The van der Waals surface area contributed by atoms with Crippen LogP contribution < -0.4 is 4.74 Å². The molecule has 0 saturated carbocycles. The third-order valence-electron chi connectivity index (χ3n) is 2.07. The molecular weight excluding hydrogens is 244 g/mol. The molecule has 82 valence electrons. The first kappa shape index (κ1) is 11.2. The van der Waals surface area contributed by atoms with Crippen LogP contribution in [0.2, 0.25) is 5.02 Å². The zero-order chi connectivity index (χ0) is 11.5. The van der Waals surface area contributed by atoms with E-state index in [1.807, 2.05) is 18.4 Å². The monoisotopic (exact) mass is 252 g/mol. The Morgan fingerprint density at radius 1 is 1.25 bits per heavy atom. The van der Waals surface area contributed by atoms with Gasteiger partial charge in [-0.3, -0.25) is 0 Å². The summed E-state index contributed by atoms with van der Waals surface area (Å²) in [5, 5.41) is 2.49. The van der Waals surface area contributed by atoms with Gasteiger partial charge in [0, 0.05) is 5.02 Å². The normalized spacial score (nSPS) is 10.1. The molecule has 0 aliphatic heterocycles. The van der Waals surface area contributed by atoms with Crippen LogP contribution in [0.15, 0.2) is 35.7 Å². The highest BCUT2D eigenvalue weighted by atomic mass is 35.5. The molecule has 0 amide bonds. The van der Waals surface area contributed by atoms with E-state index in [0.717, 1.165) is 5.56 Å². The van der Waals surface area contributed by atoms with Crippen LogP contribution in [0.5, 0.6) is 5.75 Å². The number of aryl methyl sites for hydroxylation is 1. The molecule has 0 saturated heterocycles. The van der Waals surface area contributed by atoms with Crippen LogP contribution in [-0.2, 0) is 0 Å².